The van der Waals surface area contributed by atoms with Crippen molar-refractivity contribution < 1.29 is 24.4 Å². The highest BCUT2D eigenvalue weighted by Gasteiger charge is 2.42. The van der Waals surface area contributed by atoms with Crippen molar-refractivity contribution in [1.29, 1.82) is 0 Å². The van der Waals surface area contributed by atoms with E-state index in [-0.39, 0.29) is 5.82 Å². The van der Waals surface area contributed by atoms with Gasteiger partial charge in [0.2, 0.25) is 0 Å². The monoisotopic (exact) mass is 261 g/mol. The fourth-order valence-corrected chi connectivity index (χ4v) is 1.64. The molecule has 0 bridgehead atoms. The number of aromatic nitrogens is 2. The first-order chi connectivity index (χ1) is 8.52. The van der Waals surface area contributed by atoms with Gasteiger partial charge < -0.3 is 25.4 Å². The molecule has 0 saturated carbocycles. The molecule has 5 N–H and O–H groups in total. The van der Waals surface area contributed by atoms with E-state index in [0.29, 0.717) is 6.20 Å². The van der Waals surface area contributed by atoms with Gasteiger partial charge in [-0.25, -0.2) is 9.18 Å². The van der Waals surface area contributed by atoms with Crippen LogP contribution in [0.5, 0.6) is 0 Å². The molecule has 0 unspecified atom stereocenters. The Balaban J connectivity index is 2.15. The third-order valence-electron chi connectivity index (χ3n) is 2.59. The lowest BCUT2D eigenvalue weighted by atomic mass is 10.1. The highest BCUT2D eigenvalue weighted by atomic mass is 19.1. The molecule has 1 aromatic rings. The number of aliphatic hydroxyl groups is 3. The van der Waals surface area contributed by atoms with Crippen LogP contribution in [-0.2, 0) is 4.74 Å². The van der Waals surface area contributed by atoms with Crippen molar-refractivity contribution in [3.05, 3.63) is 22.5 Å². The average Bonchev–Trinajstić information content (AvgIpc) is 2.62. The Kier molecular flexibility index (Phi) is 3.57. The number of halogens is 1. The molecule has 0 radical (unpaired) electrons. The summed E-state index contributed by atoms with van der Waals surface area (Å²) in [6, 6.07) is 0. The van der Waals surface area contributed by atoms with Gasteiger partial charge in [-0.3, -0.25) is 4.98 Å². The van der Waals surface area contributed by atoms with Crippen molar-refractivity contribution in [3.8, 4) is 0 Å². The van der Waals surface area contributed by atoms with Crippen LogP contribution in [0.2, 0.25) is 0 Å². The average molecular weight is 261 g/mol. The first-order valence-corrected chi connectivity index (χ1v) is 5.16. The van der Waals surface area contributed by atoms with Gasteiger partial charge in [0.25, 0.3) is 0 Å². The lowest BCUT2D eigenvalue weighted by Gasteiger charge is -2.17. The second-order valence-electron chi connectivity index (χ2n) is 3.81. The normalized spacial score (nSPS) is 31.6. The first-order valence-electron chi connectivity index (χ1n) is 5.16. The molecular formula is C9H12FN3O5. The fourth-order valence-electron chi connectivity index (χ4n) is 1.64. The van der Waals surface area contributed by atoms with E-state index in [2.05, 4.69) is 15.3 Å². The van der Waals surface area contributed by atoms with E-state index >= 15 is 0 Å². The van der Waals surface area contributed by atoms with Gasteiger partial charge in [-0.1, -0.05) is 0 Å². The summed E-state index contributed by atoms with van der Waals surface area (Å²) in [5.41, 5.74) is -0.773. The predicted molar refractivity (Wildman–Crippen MR) is 56.2 cm³/mol. The largest absolute Gasteiger partial charge is 0.394 e. The summed E-state index contributed by atoms with van der Waals surface area (Å²) in [5, 5.41) is 30.3. The Hall–Kier alpha value is -1.55. The molecular weight excluding hydrogens is 249 g/mol. The number of aliphatic hydroxyl groups excluding tert-OH is 3. The van der Waals surface area contributed by atoms with Crippen LogP contribution in [-0.4, -0.2) is 56.4 Å². The lowest BCUT2D eigenvalue weighted by Crippen LogP contribution is -2.37. The quantitative estimate of drug-likeness (QED) is 0.416. The maximum atomic E-state index is 13.3. The lowest BCUT2D eigenvalue weighted by molar-refractivity contribution is -0.0154. The van der Waals surface area contributed by atoms with E-state index in [9.17, 15) is 19.4 Å². The molecule has 0 amide bonds. The van der Waals surface area contributed by atoms with Crippen molar-refractivity contribution in [1.82, 2.24) is 9.97 Å². The molecule has 8 nitrogen and oxygen atoms in total. The van der Waals surface area contributed by atoms with Crippen LogP contribution in [0.4, 0.5) is 10.2 Å². The van der Waals surface area contributed by atoms with Crippen molar-refractivity contribution in [3.63, 3.8) is 0 Å². The van der Waals surface area contributed by atoms with Crippen LogP contribution in [0.15, 0.2) is 11.0 Å². The van der Waals surface area contributed by atoms with Crippen molar-refractivity contribution in [2.24, 2.45) is 0 Å². The summed E-state index contributed by atoms with van der Waals surface area (Å²) in [6.45, 7) is -0.494. The van der Waals surface area contributed by atoms with E-state index in [4.69, 9.17) is 9.84 Å². The Morgan fingerprint density at radius 1 is 1.50 bits per heavy atom. The van der Waals surface area contributed by atoms with Crippen LogP contribution < -0.4 is 11.0 Å². The van der Waals surface area contributed by atoms with Gasteiger partial charge in [0, 0.05) is 0 Å². The number of rotatable bonds is 3. The van der Waals surface area contributed by atoms with Gasteiger partial charge in [0.1, 0.15) is 24.1 Å². The van der Waals surface area contributed by atoms with E-state index in [1.165, 1.54) is 0 Å². The number of nitrogens with zero attached hydrogens (tertiary/aromatic N) is 1. The van der Waals surface area contributed by atoms with E-state index in [0.717, 1.165) is 0 Å². The first kappa shape index (κ1) is 12.9. The maximum absolute atomic E-state index is 13.3. The minimum Gasteiger partial charge on any atom is -0.394 e. The van der Waals surface area contributed by atoms with Gasteiger partial charge in [0.05, 0.1) is 12.8 Å². The summed E-state index contributed by atoms with van der Waals surface area (Å²) in [5.74, 6) is -1.16. The molecule has 1 aliphatic rings. The summed E-state index contributed by atoms with van der Waals surface area (Å²) >= 11 is 0. The number of hydrogen-bond donors (Lipinski definition) is 5. The molecule has 0 aliphatic carbocycles. The molecule has 18 heavy (non-hydrogen) atoms. The van der Waals surface area contributed by atoms with Gasteiger partial charge in [-0.2, -0.15) is 4.98 Å². The Labute approximate surface area is 100 Å². The molecule has 2 rings (SSSR count). The Morgan fingerprint density at radius 2 is 2.22 bits per heavy atom. The van der Waals surface area contributed by atoms with Crippen LogP contribution in [0.3, 0.4) is 0 Å². The molecule has 9 heteroatoms. The van der Waals surface area contributed by atoms with Gasteiger partial charge >= 0.3 is 5.69 Å². The molecule has 4 atom stereocenters. The number of H-pyrrole nitrogens is 1. The molecule has 1 saturated heterocycles. The maximum Gasteiger partial charge on any atom is 0.346 e. The smallest absolute Gasteiger partial charge is 0.346 e. The zero-order valence-electron chi connectivity index (χ0n) is 9.08. The molecule has 1 aliphatic heterocycles. The minimum atomic E-state index is -1.36. The SMILES string of the molecule is O=c1ncc(F)c(N[C@H]2O[C@H](CO)[C@@H](O)[C@@H]2O)[nH]1. The van der Waals surface area contributed by atoms with E-state index in [1.54, 1.807) is 0 Å². The second-order valence-corrected chi connectivity index (χ2v) is 3.81. The molecule has 2 heterocycles. The molecule has 100 valence electrons. The minimum absolute atomic E-state index is 0.315. The molecule has 0 aromatic carbocycles. The number of anilines is 1. The highest BCUT2D eigenvalue weighted by molar-refractivity contribution is 5.35. The zero-order valence-corrected chi connectivity index (χ0v) is 9.08. The van der Waals surface area contributed by atoms with Crippen molar-refractivity contribution >= 4 is 5.82 Å². The zero-order chi connectivity index (χ0) is 13.3. The fraction of sp³-hybridized carbons (Fsp3) is 0.556. The number of nitrogens with one attached hydrogen (secondary N) is 2. The highest BCUT2D eigenvalue weighted by Crippen LogP contribution is 2.22. The number of hydrogen-bond acceptors (Lipinski definition) is 7. The molecule has 1 fully saturated rings. The van der Waals surface area contributed by atoms with Crippen molar-refractivity contribution in [2.45, 2.75) is 24.5 Å². The van der Waals surface area contributed by atoms with Crippen molar-refractivity contribution in [2.75, 3.05) is 11.9 Å². The summed E-state index contributed by atoms with van der Waals surface area (Å²) in [7, 11) is 0. The molecule has 0 spiro atoms. The Morgan fingerprint density at radius 3 is 2.83 bits per heavy atom. The third kappa shape index (κ3) is 2.34. The van der Waals surface area contributed by atoms with Crippen LogP contribution in [0.25, 0.3) is 0 Å². The summed E-state index contributed by atoms with van der Waals surface area (Å²) in [4.78, 5) is 16.2. The van der Waals surface area contributed by atoms with E-state index in [1.807, 2.05) is 0 Å². The van der Waals surface area contributed by atoms with Crippen LogP contribution >= 0.6 is 0 Å². The number of aromatic amines is 1. The third-order valence-corrected chi connectivity index (χ3v) is 2.59. The van der Waals surface area contributed by atoms with Crippen LogP contribution in [0.1, 0.15) is 0 Å². The second kappa shape index (κ2) is 4.98. The van der Waals surface area contributed by atoms with Gasteiger partial charge in [-0.15, -0.1) is 0 Å². The summed E-state index contributed by atoms with van der Waals surface area (Å²) in [6.07, 6.45) is -4.08. The topological polar surface area (TPSA) is 128 Å². The predicted octanol–water partition coefficient (Wildman–Crippen LogP) is -2.24. The summed E-state index contributed by atoms with van der Waals surface area (Å²) < 4.78 is 18.3. The van der Waals surface area contributed by atoms with Crippen LogP contribution in [0, 0.1) is 5.82 Å². The Bertz CT molecular complexity index is 482. The van der Waals surface area contributed by atoms with Gasteiger partial charge in [0.15, 0.2) is 12.0 Å². The standard InChI is InChI=1S/C9H12FN3O5/c10-3-1-11-9(17)13-7(3)12-8-6(16)5(15)4(2-14)18-8/h1,4-6,8,14-16H,2H2,(H2,11,12,13,17)/t4-,5-,6+,8+/m1/s1. The number of ether oxygens (including phenoxy) is 1. The van der Waals surface area contributed by atoms with E-state index < -0.39 is 42.7 Å². The van der Waals surface area contributed by atoms with Gasteiger partial charge in [-0.05, 0) is 0 Å². The molecule has 1 aromatic heterocycles.